The van der Waals surface area contributed by atoms with E-state index in [-0.39, 0.29) is 17.7 Å². The number of aromatic nitrogens is 2. The van der Waals surface area contributed by atoms with Crippen LogP contribution in [0.5, 0.6) is 0 Å². The molecular formula is C12H22N4O2. The van der Waals surface area contributed by atoms with Crippen molar-refractivity contribution in [2.45, 2.75) is 58.3 Å². The highest BCUT2D eigenvalue weighted by molar-refractivity contribution is 5.20. The van der Waals surface area contributed by atoms with Crippen LogP contribution in [0.25, 0.3) is 0 Å². The Balaban J connectivity index is 1.86. The van der Waals surface area contributed by atoms with Crippen molar-refractivity contribution >= 4 is 6.01 Å². The Kier molecular flexibility index (Phi) is 3.87. The van der Waals surface area contributed by atoms with Crippen LogP contribution in [0.1, 0.15) is 40.0 Å². The summed E-state index contributed by atoms with van der Waals surface area (Å²) in [5.41, 5.74) is 0.0376. The van der Waals surface area contributed by atoms with Gasteiger partial charge in [-0.25, -0.2) is 0 Å². The fourth-order valence-corrected chi connectivity index (χ4v) is 1.80. The summed E-state index contributed by atoms with van der Waals surface area (Å²) >= 11 is 0. The van der Waals surface area contributed by atoms with Crippen molar-refractivity contribution < 1.29 is 9.15 Å². The van der Waals surface area contributed by atoms with Gasteiger partial charge in [-0.15, -0.1) is 5.10 Å². The van der Waals surface area contributed by atoms with Crippen LogP contribution < -0.4 is 10.6 Å². The van der Waals surface area contributed by atoms with Crippen molar-refractivity contribution in [3.05, 3.63) is 5.89 Å². The molecule has 6 heteroatoms. The van der Waals surface area contributed by atoms with Crippen LogP contribution in [-0.2, 0) is 11.3 Å². The van der Waals surface area contributed by atoms with E-state index in [0.717, 1.165) is 13.0 Å². The number of nitrogens with one attached hydrogen (secondary N) is 2. The molecule has 1 aliphatic heterocycles. The monoisotopic (exact) mass is 254 g/mol. The molecule has 2 rings (SSSR count). The van der Waals surface area contributed by atoms with Gasteiger partial charge in [-0.1, -0.05) is 5.10 Å². The highest BCUT2D eigenvalue weighted by atomic mass is 16.5. The summed E-state index contributed by atoms with van der Waals surface area (Å²) in [7, 11) is 0. The molecule has 2 heterocycles. The predicted molar refractivity (Wildman–Crippen MR) is 68.3 cm³/mol. The molecule has 1 aromatic heterocycles. The van der Waals surface area contributed by atoms with E-state index >= 15 is 0 Å². The zero-order valence-corrected chi connectivity index (χ0v) is 11.5. The lowest BCUT2D eigenvalue weighted by Crippen LogP contribution is -2.35. The van der Waals surface area contributed by atoms with Crippen molar-refractivity contribution in [1.29, 1.82) is 0 Å². The third-order valence-corrected chi connectivity index (χ3v) is 2.92. The Bertz CT molecular complexity index is 386. The molecule has 0 spiro atoms. The molecule has 0 saturated carbocycles. The zero-order valence-electron chi connectivity index (χ0n) is 11.5. The van der Waals surface area contributed by atoms with Gasteiger partial charge in [-0.2, -0.15) is 0 Å². The van der Waals surface area contributed by atoms with Crippen LogP contribution in [0.3, 0.4) is 0 Å². The average molecular weight is 254 g/mol. The molecule has 1 saturated heterocycles. The fourth-order valence-electron chi connectivity index (χ4n) is 1.80. The largest absolute Gasteiger partial charge is 0.407 e. The summed E-state index contributed by atoms with van der Waals surface area (Å²) in [6.45, 7) is 9.70. The van der Waals surface area contributed by atoms with Crippen LogP contribution in [0, 0.1) is 0 Å². The molecule has 0 amide bonds. The SMILES string of the molecule is CC1OCCC1Nc1nnc(CNC(C)(C)C)o1. The second-order valence-corrected chi connectivity index (χ2v) is 5.72. The van der Waals surface area contributed by atoms with Gasteiger partial charge in [0.2, 0.25) is 5.89 Å². The van der Waals surface area contributed by atoms with E-state index in [1.165, 1.54) is 0 Å². The molecule has 0 bridgehead atoms. The van der Waals surface area contributed by atoms with E-state index in [2.05, 4.69) is 41.6 Å². The van der Waals surface area contributed by atoms with E-state index in [1.807, 2.05) is 6.92 Å². The van der Waals surface area contributed by atoms with Gasteiger partial charge < -0.3 is 19.8 Å². The summed E-state index contributed by atoms with van der Waals surface area (Å²) in [5, 5.41) is 14.5. The van der Waals surface area contributed by atoms with Crippen molar-refractivity contribution in [2.24, 2.45) is 0 Å². The second-order valence-electron chi connectivity index (χ2n) is 5.72. The summed E-state index contributed by atoms with van der Waals surface area (Å²) in [6.07, 6.45) is 1.16. The quantitative estimate of drug-likeness (QED) is 0.849. The summed E-state index contributed by atoms with van der Waals surface area (Å²) in [4.78, 5) is 0. The smallest absolute Gasteiger partial charge is 0.315 e. The van der Waals surface area contributed by atoms with E-state index < -0.39 is 0 Å². The molecule has 0 aromatic carbocycles. The molecule has 0 radical (unpaired) electrons. The predicted octanol–water partition coefficient (Wildman–Crippen LogP) is 1.55. The minimum Gasteiger partial charge on any atom is -0.407 e. The lowest BCUT2D eigenvalue weighted by atomic mass is 10.1. The van der Waals surface area contributed by atoms with Crippen LogP contribution in [0.4, 0.5) is 6.01 Å². The molecule has 2 unspecified atom stereocenters. The average Bonchev–Trinajstić information content (AvgIpc) is 2.86. The topological polar surface area (TPSA) is 72.2 Å². The molecule has 1 aliphatic rings. The Hall–Kier alpha value is -1.14. The Labute approximate surface area is 107 Å². The minimum atomic E-state index is 0.0376. The Morgan fingerprint density at radius 2 is 2.11 bits per heavy atom. The molecule has 2 atom stereocenters. The molecule has 1 aromatic rings. The number of hydrogen-bond acceptors (Lipinski definition) is 6. The molecular weight excluding hydrogens is 232 g/mol. The van der Waals surface area contributed by atoms with Crippen molar-refractivity contribution in [1.82, 2.24) is 15.5 Å². The lowest BCUT2D eigenvalue weighted by molar-refractivity contribution is 0.121. The van der Waals surface area contributed by atoms with E-state index in [1.54, 1.807) is 0 Å². The third kappa shape index (κ3) is 3.68. The molecule has 0 aliphatic carbocycles. The van der Waals surface area contributed by atoms with Gasteiger partial charge in [0.1, 0.15) is 0 Å². The fraction of sp³-hybridized carbons (Fsp3) is 0.833. The number of hydrogen-bond donors (Lipinski definition) is 2. The number of nitrogens with zero attached hydrogens (tertiary/aromatic N) is 2. The molecule has 102 valence electrons. The lowest BCUT2D eigenvalue weighted by Gasteiger charge is -2.18. The highest BCUT2D eigenvalue weighted by Gasteiger charge is 2.25. The maximum Gasteiger partial charge on any atom is 0.315 e. The number of rotatable bonds is 4. The first-order chi connectivity index (χ1) is 8.44. The van der Waals surface area contributed by atoms with Gasteiger partial charge in [-0.05, 0) is 34.1 Å². The number of ether oxygens (including phenoxy) is 1. The molecule has 2 N–H and O–H groups in total. The molecule has 1 fully saturated rings. The first-order valence-electron chi connectivity index (χ1n) is 6.39. The van der Waals surface area contributed by atoms with Gasteiger partial charge in [0.15, 0.2) is 0 Å². The minimum absolute atomic E-state index is 0.0376. The summed E-state index contributed by atoms with van der Waals surface area (Å²) in [5.74, 6) is 0.596. The standard InChI is InChI=1S/C12H22N4O2/c1-8-9(5-6-17-8)14-11-16-15-10(18-11)7-13-12(2,3)4/h8-9,13H,5-7H2,1-4H3,(H,14,16). The van der Waals surface area contributed by atoms with Gasteiger partial charge in [0.25, 0.3) is 0 Å². The van der Waals surface area contributed by atoms with Crippen LogP contribution in [-0.4, -0.2) is 34.5 Å². The Morgan fingerprint density at radius 1 is 1.33 bits per heavy atom. The van der Waals surface area contributed by atoms with Gasteiger partial charge >= 0.3 is 6.01 Å². The molecule has 18 heavy (non-hydrogen) atoms. The maximum atomic E-state index is 5.54. The Morgan fingerprint density at radius 3 is 2.72 bits per heavy atom. The van der Waals surface area contributed by atoms with E-state index in [0.29, 0.717) is 18.5 Å². The van der Waals surface area contributed by atoms with Crippen molar-refractivity contribution in [3.63, 3.8) is 0 Å². The van der Waals surface area contributed by atoms with Gasteiger partial charge in [0.05, 0.1) is 18.7 Å². The first kappa shape index (κ1) is 13.3. The van der Waals surface area contributed by atoms with E-state index in [4.69, 9.17) is 9.15 Å². The van der Waals surface area contributed by atoms with E-state index in [9.17, 15) is 0 Å². The molecule has 6 nitrogen and oxygen atoms in total. The first-order valence-corrected chi connectivity index (χ1v) is 6.39. The summed E-state index contributed by atoms with van der Waals surface area (Å²) in [6, 6.07) is 0.733. The number of anilines is 1. The summed E-state index contributed by atoms with van der Waals surface area (Å²) < 4.78 is 11.0. The normalized spacial score (nSPS) is 24.4. The second kappa shape index (κ2) is 5.24. The highest BCUT2D eigenvalue weighted by Crippen LogP contribution is 2.18. The van der Waals surface area contributed by atoms with Crippen LogP contribution in [0.2, 0.25) is 0 Å². The van der Waals surface area contributed by atoms with Crippen molar-refractivity contribution in [2.75, 3.05) is 11.9 Å². The van der Waals surface area contributed by atoms with Crippen LogP contribution in [0.15, 0.2) is 4.42 Å². The van der Waals surface area contributed by atoms with Gasteiger partial charge in [-0.3, -0.25) is 0 Å². The maximum absolute atomic E-state index is 5.54. The van der Waals surface area contributed by atoms with Crippen LogP contribution >= 0.6 is 0 Å². The van der Waals surface area contributed by atoms with Gasteiger partial charge in [0, 0.05) is 12.1 Å². The van der Waals surface area contributed by atoms with Crippen molar-refractivity contribution in [3.8, 4) is 0 Å². The zero-order chi connectivity index (χ0) is 13.2. The third-order valence-electron chi connectivity index (χ3n) is 2.92.